The lowest BCUT2D eigenvalue weighted by Crippen LogP contribution is -2.56. The molecule has 1 saturated carbocycles. The van der Waals surface area contributed by atoms with E-state index in [1.807, 2.05) is 20.8 Å². The van der Waals surface area contributed by atoms with E-state index >= 15 is 0 Å². The minimum Gasteiger partial charge on any atom is -0.394 e. The van der Waals surface area contributed by atoms with Gasteiger partial charge >= 0.3 is 0 Å². The summed E-state index contributed by atoms with van der Waals surface area (Å²) in [5, 5.41) is 13.2. The van der Waals surface area contributed by atoms with Crippen molar-refractivity contribution in [2.45, 2.75) is 64.6 Å². The summed E-state index contributed by atoms with van der Waals surface area (Å²) >= 11 is 0. The first-order chi connectivity index (χ1) is 8.79. The molecule has 4 nitrogen and oxygen atoms in total. The Hall–Kier alpha value is -0.160. The van der Waals surface area contributed by atoms with Crippen molar-refractivity contribution in [1.29, 1.82) is 0 Å². The van der Waals surface area contributed by atoms with Gasteiger partial charge in [-0.3, -0.25) is 0 Å². The Labute approximate surface area is 117 Å². The highest BCUT2D eigenvalue weighted by Gasteiger charge is 2.45. The van der Waals surface area contributed by atoms with Crippen molar-refractivity contribution in [1.82, 2.24) is 5.32 Å². The van der Waals surface area contributed by atoms with Crippen LogP contribution in [0.1, 0.15) is 47.5 Å². The smallest absolute Gasteiger partial charge is 0.0707 e. The Morgan fingerprint density at radius 1 is 1.21 bits per heavy atom. The molecule has 0 aliphatic heterocycles. The van der Waals surface area contributed by atoms with Gasteiger partial charge in [0, 0.05) is 6.04 Å². The monoisotopic (exact) mass is 273 g/mol. The molecule has 1 aliphatic carbocycles. The Kier molecular flexibility index (Phi) is 6.24. The fourth-order valence-corrected chi connectivity index (χ4v) is 2.37. The fraction of sp³-hybridized carbons (Fsp3) is 1.00. The second-order valence-corrected chi connectivity index (χ2v) is 6.90. The standard InChI is InChI=1S/C15H31NO3/c1-12(2)16-15(10-17,13-6-7-13)11-18-8-9-19-14(3,4)5/h12-13,16-17H,6-11H2,1-5H3. The van der Waals surface area contributed by atoms with Crippen molar-refractivity contribution in [3.05, 3.63) is 0 Å². The van der Waals surface area contributed by atoms with Crippen LogP contribution < -0.4 is 5.32 Å². The number of rotatable bonds is 9. The van der Waals surface area contributed by atoms with Gasteiger partial charge < -0.3 is 19.9 Å². The van der Waals surface area contributed by atoms with Crippen LogP contribution in [0.15, 0.2) is 0 Å². The van der Waals surface area contributed by atoms with Gasteiger partial charge in [-0.05, 0) is 39.5 Å². The maximum Gasteiger partial charge on any atom is 0.0707 e. The summed E-state index contributed by atoms with van der Waals surface area (Å²) in [7, 11) is 0. The van der Waals surface area contributed by atoms with Crippen LogP contribution in [-0.4, -0.2) is 48.7 Å². The van der Waals surface area contributed by atoms with Crippen molar-refractivity contribution in [2.75, 3.05) is 26.4 Å². The summed E-state index contributed by atoms with van der Waals surface area (Å²) in [6.07, 6.45) is 2.37. The van der Waals surface area contributed by atoms with E-state index in [1.54, 1.807) is 0 Å². The van der Waals surface area contributed by atoms with Gasteiger partial charge in [-0.2, -0.15) is 0 Å². The fourth-order valence-electron chi connectivity index (χ4n) is 2.37. The molecule has 0 spiro atoms. The van der Waals surface area contributed by atoms with Crippen molar-refractivity contribution in [2.24, 2.45) is 5.92 Å². The zero-order valence-corrected chi connectivity index (χ0v) is 13.2. The van der Waals surface area contributed by atoms with Crippen LogP contribution in [0.5, 0.6) is 0 Å². The second-order valence-electron chi connectivity index (χ2n) is 6.90. The highest BCUT2D eigenvalue weighted by atomic mass is 16.5. The summed E-state index contributed by atoms with van der Waals surface area (Å²) in [5.74, 6) is 0.545. The van der Waals surface area contributed by atoms with Gasteiger partial charge in [0.25, 0.3) is 0 Å². The summed E-state index contributed by atoms with van der Waals surface area (Å²) in [6, 6.07) is 0.349. The SMILES string of the molecule is CC(C)NC(CO)(COCCOC(C)(C)C)C1CC1. The van der Waals surface area contributed by atoms with Crippen LogP contribution in [0.25, 0.3) is 0 Å². The van der Waals surface area contributed by atoms with E-state index in [-0.39, 0.29) is 17.7 Å². The predicted octanol–water partition coefficient (Wildman–Crippen LogP) is 1.96. The molecule has 0 aromatic carbocycles. The first kappa shape index (κ1) is 16.9. The van der Waals surface area contributed by atoms with Crippen LogP contribution >= 0.6 is 0 Å². The lowest BCUT2D eigenvalue weighted by Gasteiger charge is -2.35. The van der Waals surface area contributed by atoms with Crippen LogP contribution in [-0.2, 0) is 9.47 Å². The quantitative estimate of drug-likeness (QED) is 0.631. The first-order valence-corrected chi connectivity index (χ1v) is 7.39. The third-order valence-electron chi connectivity index (χ3n) is 3.34. The van der Waals surface area contributed by atoms with Gasteiger partial charge in [-0.25, -0.2) is 0 Å². The average Bonchev–Trinajstić information content (AvgIpc) is 3.08. The van der Waals surface area contributed by atoms with Gasteiger partial charge in [-0.1, -0.05) is 13.8 Å². The van der Waals surface area contributed by atoms with Crippen LogP contribution in [0, 0.1) is 5.92 Å². The number of aliphatic hydroxyl groups excluding tert-OH is 1. The topological polar surface area (TPSA) is 50.7 Å². The summed E-state index contributed by atoms with van der Waals surface area (Å²) in [6.45, 7) is 12.2. The van der Waals surface area contributed by atoms with E-state index in [2.05, 4.69) is 19.2 Å². The van der Waals surface area contributed by atoms with Crippen molar-refractivity contribution in [3.8, 4) is 0 Å². The number of hydrogen-bond acceptors (Lipinski definition) is 4. The Bertz CT molecular complexity index is 259. The average molecular weight is 273 g/mol. The molecule has 1 aliphatic rings. The Balaban J connectivity index is 2.33. The lowest BCUT2D eigenvalue weighted by molar-refractivity contribution is -0.0512. The highest BCUT2D eigenvalue weighted by molar-refractivity contribution is 5.01. The van der Waals surface area contributed by atoms with Gasteiger partial charge in [0.05, 0.1) is 37.6 Å². The molecule has 1 rings (SSSR count). The summed E-state index contributed by atoms with van der Waals surface area (Å²) in [5.41, 5.74) is -0.389. The summed E-state index contributed by atoms with van der Waals surface area (Å²) < 4.78 is 11.4. The van der Waals surface area contributed by atoms with Crippen molar-refractivity contribution < 1.29 is 14.6 Å². The molecular formula is C15H31NO3. The maximum atomic E-state index is 9.75. The highest BCUT2D eigenvalue weighted by Crippen LogP contribution is 2.40. The third-order valence-corrected chi connectivity index (χ3v) is 3.34. The third kappa shape index (κ3) is 6.21. The zero-order valence-electron chi connectivity index (χ0n) is 13.2. The molecular weight excluding hydrogens is 242 g/mol. The van der Waals surface area contributed by atoms with E-state index in [0.717, 1.165) is 0 Å². The minimum atomic E-state index is -0.268. The van der Waals surface area contributed by atoms with E-state index in [1.165, 1.54) is 12.8 Å². The van der Waals surface area contributed by atoms with Crippen LogP contribution in [0.3, 0.4) is 0 Å². The molecule has 1 atom stereocenters. The summed E-state index contributed by atoms with van der Waals surface area (Å²) in [4.78, 5) is 0. The molecule has 0 heterocycles. The zero-order chi connectivity index (χ0) is 14.5. The predicted molar refractivity (Wildman–Crippen MR) is 77.3 cm³/mol. The molecule has 2 N–H and O–H groups in total. The molecule has 1 fully saturated rings. The number of ether oxygens (including phenoxy) is 2. The first-order valence-electron chi connectivity index (χ1n) is 7.39. The molecule has 0 radical (unpaired) electrons. The molecule has 19 heavy (non-hydrogen) atoms. The van der Waals surface area contributed by atoms with Crippen molar-refractivity contribution in [3.63, 3.8) is 0 Å². The molecule has 4 heteroatoms. The molecule has 0 aromatic heterocycles. The Morgan fingerprint density at radius 3 is 2.26 bits per heavy atom. The van der Waals surface area contributed by atoms with Gasteiger partial charge in [0.15, 0.2) is 0 Å². The molecule has 0 saturated heterocycles. The Morgan fingerprint density at radius 2 is 1.84 bits per heavy atom. The van der Waals surface area contributed by atoms with Gasteiger partial charge in [-0.15, -0.1) is 0 Å². The van der Waals surface area contributed by atoms with Gasteiger partial charge in [0.1, 0.15) is 0 Å². The van der Waals surface area contributed by atoms with Crippen molar-refractivity contribution >= 4 is 0 Å². The molecule has 1 unspecified atom stereocenters. The molecule has 0 amide bonds. The number of aliphatic hydroxyl groups is 1. The molecule has 0 aromatic rings. The van der Waals surface area contributed by atoms with Crippen LogP contribution in [0.4, 0.5) is 0 Å². The largest absolute Gasteiger partial charge is 0.394 e. The maximum absolute atomic E-state index is 9.75. The normalized spacial score (nSPS) is 19.7. The van der Waals surface area contributed by atoms with Crippen LogP contribution in [0.2, 0.25) is 0 Å². The lowest BCUT2D eigenvalue weighted by atomic mass is 9.94. The minimum absolute atomic E-state index is 0.121. The van der Waals surface area contributed by atoms with Gasteiger partial charge in [0.2, 0.25) is 0 Å². The second kappa shape index (κ2) is 7.02. The van der Waals surface area contributed by atoms with E-state index in [0.29, 0.717) is 31.8 Å². The van der Waals surface area contributed by atoms with E-state index in [9.17, 15) is 5.11 Å². The number of nitrogens with one attached hydrogen (secondary N) is 1. The van der Waals surface area contributed by atoms with E-state index in [4.69, 9.17) is 9.47 Å². The molecule has 0 bridgehead atoms. The van der Waals surface area contributed by atoms with E-state index < -0.39 is 0 Å². The molecule has 114 valence electrons. The number of hydrogen-bond donors (Lipinski definition) is 2.